The Hall–Kier alpha value is -2.57. The van der Waals surface area contributed by atoms with Gasteiger partial charge in [0.15, 0.2) is 11.5 Å². The first-order chi connectivity index (χ1) is 13.7. The molecule has 4 rings (SSSR count). The van der Waals surface area contributed by atoms with Gasteiger partial charge in [0.25, 0.3) is 0 Å². The summed E-state index contributed by atoms with van der Waals surface area (Å²) in [6, 6.07) is 13.8. The van der Waals surface area contributed by atoms with Crippen LogP contribution in [0.5, 0.6) is 11.5 Å². The third-order valence-corrected chi connectivity index (χ3v) is 4.90. The van der Waals surface area contributed by atoms with Crippen LogP contribution in [0.1, 0.15) is 31.2 Å². The average molecular weight is 382 g/mol. The van der Waals surface area contributed by atoms with Crippen LogP contribution >= 0.6 is 0 Å². The van der Waals surface area contributed by atoms with Gasteiger partial charge in [-0.25, -0.2) is 4.98 Å². The molecule has 0 saturated carbocycles. The molecular formula is C22H26N2O4. The van der Waals surface area contributed by atoms with Crippen LogP contribution in [0.4, 0.5) is 0 Å². The molecule has 0 unspecified atom stereocenters. The van der Waals surface area contributed by atoms with E-state index in [-0.39, 0.29) is 13.4 Å². The van der Waals surface area contributed by atoms with Gasteiger partial charge in [-0.15, -0.1) is 0 Å². The third kappa shape index (κ3) is 4.13. The van der Waals surface area contributed by atoms with Crippen molar-refractivity contribution in [3.05, 3.63) is 53.9 Å². The predicted molar refractivity (Wildman–Crippen MR) is 107 cm³/mol. The van der Waals surface area contributed by atoms with Gasteiger partial charge in [-0.05, 0) is 36.2 Å². The van der Waals surface area contributed by atoms with Crippen molar-refractivity contribution in [3.63, 3.8) is 0 Å². The number of imidazole rings is 1. The van der Waals surface area contributed by atoms with Crippen LogP contribution in [0.15, 0.2) is 42.5 Å². The van der Waals surface area contributed by atoms with Crippen molar-refractivity contribution >= 4 is 11.0 Å². The van der Waals surface area contributed by atoms with E-state index < -0.39 is 6.10 Å². The first kappa shape index (κ1) is 18.8. The summed E-state index contributed by atoms with van der Waals surface area (Å²) < 4.78 is 18.6. The predicted octanol–water partition coefficient (Wildman–Crippen LogP) is 3.69. The van der Waals surface area contributed by atoms with Crippen molar-refractivity contribution in [2.45, 2.75) is 45.4 Å². The lowest BCUT2D eigenvalue weighted by atomic mass is 10.2. The Morgan fingerprint density at radius 2 is 2.04 bits per heavy atom. The number of fused-ring (bicyclic) bond motifs is 2. The highest BCUT2D eigenvalue weighted by Gasteiger charge is 2.15. The maximum atomic E-state index is 10.5. The Morgan fingerprint density at radius 3 is 2.93 bits per heavy atom. The van der Waals surface area contributed by atoms with Gasteiger partial charge in [-0.2, -0.15) is 0 Å². The lowest BCUT2D eigenvalue weighted by Crippen LogP contribution is -2.23. The van der Waals surface area contributed by atoms with Crippen LogP contribution in [0.3, 0.4) is 0 Å². The molecule has 148 valence electrons. The molecule has 28 heavy (non-hydrogen) atoms. The Balaban J connectivity index is 1.37. The van der Waals surface area contributed by atoms with E-state index in [1.807, 2.05) is 36.4 Å². The first-order valence-corrected chi connectivity index (χ1v) is 9.83. The molecule has 0 saturated heterocycles. The number of aliphatic hydroxyl groups is 1. The summed E-state index contributed by atoms with van der Waals surface area (Å²) in [7, 11) is 0. The number of para-hydroxylation sites is 2. The lowest BCUT2D eigenvalue weighted by molar-refractivity contribution is 0.0205. The van der Waals surface area contributed by atoms with Crippen LogP contribution in [-0.4, -0.2) is 34.2 Å². The number of unbranched alkanes of at least 4 members (excludes halogenated alkanes) is 1. The monoisotopic (exact) mass is 382 g/mol. The molecule has 0 radical (unpaired) electrons. The van der Waals surface area contributed by atoms with Crippen LogP contribution in [0.25, 0.3) is 11.0 Å². The van der Waals surface area contributed by atoms with E-state index in [2.05, 4.69) is 17.6 Å². The zero-order valence-corrected chi connectivity index (χ0v) is 16.1. The van der Waals surface area contributed by atoms with Crippen LogP contribution in [0.2, 0.25) is 0 Å². The maximum Gasteiger partial charge on any atom is 0.231 e. The molecule has 0 bridgehead atoms. The highest BCUT2D eigenvalue weighted by atomic mass is 16.7. The molecule has 0 spiro atoms. The summed E-state index contributed by atoms with van der Waals surface area (Å²) in [5.74, 6) is 2.53. The van der Waals surface area contributed by atoms with E-state index in [0.717, 1.165) is 53.2 Å². The number of hydrogen-bond donors (Lipinski definition) is 1. The molecule has 0 amide bonds. The van der Waals surface area contributed by atoms with Gasteiger partial charge in [-0.3, -0.25) is 0 Å². The van der Waals surface area contributed by atoms with Crippen molar-refractivity contribution < 1.29 is 19.3 Å². The zero-order valence-electron chi connectivity index (χ0n) is 16.1. The molecule has 1 aromatic heterocycles. The molecule has 1 atom stereocenters. The Bertz CT molecular complexity index is 937. The Morgan fingerprint density at radius 1 is 1.18 bits per heavy atom. The van der Waals surface area contributed by atoms with Crippen molar-refractivity contribution in [3.8, 4) is 11.5 Å². The largest absolute Gasteiger partial charge is 0.454 e. The molecule has 0 fully saturated rings. The van der Waals surface area contributed by atoms with Gasteiger partial charge in [0, 0.05) is 6.42 Å². The average Bonchev–Trinajstić information content (AvgIpc) is 3.31. The summed E-state index contributed by atoms with van der Waals surface area (Å²) in [5.41, 5.74) is 3.03. The van der Waals surface area contributed by atoms with Crippen LogP contribution in [0, 0.1) is 0 Å². The minimum absolute atomic E-state index is 0.258. The first-order valence-electron chi connectivity index (χ1n) is 9.83. The molecule has 6 nitrogen and oxygen atoms in total. The molecule has 2 aromatic carbocycles. The van der Waals surface area contributed by atoms with E-state index >= 15 is 0 Å². The second-order valence-corrected chi connectivity index (χ2v) is 7.09. The minimum Gasteiger partial charge on any atom is -0.454 e. The van der Waals surface area contributed by atoms with Gasteiger partial charge < -0.3 is 23.9 Å². The normalized spacial score (nSPS) is 13.9. The van der Waals surface area contributed by atoms with Crippen LogP contribution in [-0.2, 0) is 24.3 Å². The Labute approximate surface area is 164 Å². The second kappa shape index (κ2) is 8.63. The number of nitrogens with zero attached hydrogens (tertiary/aromatic N) is 2. The van der Waals surface area contributed by atoms with Crippen LogP contribution < -0.4 is 9.47 Å². The summed E-state index contributed by atoms with van der Waals surface area (Å²) >= 11 is 0. The number of benzene rings is 2. The molecule has 1 aliphatic heterocycles. The molecular weight excluding hydrogens is 356 g/mol. The highest BCUT2D eigenvalue weighted by molar-refractivity contribution is 5.75. The number of aromatic nitrogens is 2. The maximum absolute atomic E-state index is 10.5. The van der Waals surface area contributed by atoms with E-state index in [1.165, 1.54) is 0 Å². The number of ether oxygens (including phenoxy) is 3. The van der Waals surface area contributed by atoms with Crippen molar-refractivity contribution in [2.75, 3.05) is 13.4 Å². The van der Waals surface area contributed by atoms with Gasteiger partial charge >= 0.3 is 0 Å². The topological polar surface area (TPSA) is 65.7 Å². The fourth-order valence-corrected chi connectivity index (χ4v) is 3.46. The number of aryl methyl sites for hydroxylation is 1. The number of hydrogen-bond acceptors (Lipinski definition) is 5. The molecule has 3 aromatic rings. The van der Waals surface area contributed by atoms with E-state index in [1.54, 1.807) is 0 Å². The SMILES string of the molecule is CCCCc1nc2ccccc2n1C[C@@H](O)COCc1ccc2c(c1)OCO2. The lowest BCUT2D eigenvalue weighted by Gasteiger charge is -2.15. The quantitative estimate of drug-likeness (QED) is 0.611. The fraction of sp³-hybridized carbons (Fsp3) is 0.409. The summed E-state index contributed by atoms with van der Waals surface area (Å²) in [6.07, 6.45) is 2.51. The summed E-state index contributed by atoms with van der Waals surface area (Å²) in [6.45, 7) is 3.58. The smallest absolute Gasteiger partial charge is 0.231 e. The van der Waals surface area contributed by atoms with Gasteiger partial charge in [0.05, 0.1) is 36.9 Å². The fourth-order valence-electron chi connectivity index (χ4n) is 3.46. The van der Waals surface area contributed by atoms with Crippen molar-refractivity contribution in [2.24, 2.45) is 0 Å². The molecule has 0 aliphatic carbocycles. The Kier molecular flexibility index (Phi) is 5.78. The van der Waals surface area contributed by atoms with E-state index in [0.29, 0.717) is 13.2 Å². The highest BCUT2D eigenvalue weighted by Crippen LogP contribution is 2.32. The zero-order chi connectivity index (χ0) is 19.3. The second-order valence-electron chi connectivity index (χ2n) is 7.09. The third-order valence-electron chi connectivity index (χ3n) is 4.90. The minimum atomic E-state index is -0.605. The van der Waals surface area contributed by atoms with E-state index in [4.69, 9.17) is 19.2 Å². The van der Waals surface area contributed by atoms with Gasteiger partial charge in [-0.1, -0.05) is 31.5 Å². The molecule has 2 heterocycles. The van der Waals surface area contributed by atoms with Gasteiger partial charge in [0.1, 0.15) is 5.82 Å². The van der Waals surface area contributed by atoms with Crippen molar-refractivity contribution in [1.82, 2.24) is 9.55 Å². The van der Waals surface area contributed by atoms with E-state index in [9.17, 15) is 5.11 Å². The summed E-state index contributed by atoms with van der Waals surface area (Å²) in [4.78, 5) is 4.75. The summed E-state index contributed by atoms with van der Waals surface area (Å²) in [5, 5.41) is 10.5. The van der Waals surface area contributed by atoms with Crippen molar-refractivity contribution in [1.29, 1.82) is 0 Å². The molecule has 6 heteroatoms. The number of aliphatic hydroxyl groups excluding tert-OH is 1. The molecule has 1 N–H and O–H groups in total. The number of rotatable bonds is 9. The standard InChI is InChI=1S/C22H26N2O4/c1-2-3-8-22-23-18-6-4-5-7-19(18)24(22)12-17(25)14-26-13-16-9-10-20-21(11-16)28-15-27-20/h4-7,9-11,17,25H,2-3,8,12-15H2,1H3/t17-/m1/s1. The molecule has 1 aliphatic rings. The van der Waals surface area contributed by atoms with Gasteiger partial charge in [0.2, 0.25) is 6.79 Å².